The normalized spacial score (nSPS) is 23.9. The molecule has 0 aliphatic carbocycles. The van der Waals surface area contributed by atoms with Gasteiger partial charge >= 0.3 is 0 Å². The molecule has 5 heteroatoms. The average molecular weight is 222 g/mol. The highest BCUT2D eigenvalue weighted by atomic mass is 16.2. The van der Waals surface area contributed by atoms with Crippen molar-refractivity contribution in [1.29, 1.82) is 0 Å². The lowest BCUT2D eigenvalue weighted by atomic mass is 9.83. The summed E-state index contributed by atoms with van der Waals surface area (Å²) in [6.45, 7) is 2.75. The number of piperidine rings is 1. The highest BCUT2D eigenvalue weighted by Gasteiger charge is 2.48. The second-order valence-corrected chi connectivity index (χ2v) is 4.18. The number of carbonyl (C=O) groups excluding carboxylic acids is 3. The van der Waals surface area contributed by atoms with Crippen LogP contribution in [0.25, 0.3) is 0 Å². The monoisotopic (exact) mass is 222 g/mol. The van der Waals surface area contributed by atoms with Crippen molar-refractivity contribution in [3.05, 3.63) is 12.2 Å². The van der Waals surface area contributed by atoms with Crippen molar-refractivity contribution in [3.63, 3.8) is 0 Å². The second-order valence-electron chi connectivity index (χ2n) is 4.18. The van der Waals surface area contributed by atoms with Crippen molar-refractivity contribution in [3.8, 4) is 0 Å². The summed E-state index contributed by atoms with van der Waals surface area (Å²) in [5.41, 5.74) is -0.928. The van der Waals surface area contributed by atoms with Crippen molar-refractivity contribution in [2.75, 3.05) is 13.1 Å². The van der Waals surface area contributed by atoms with Crippen LogP contribution in [0.1, 0.15) is 19.8 Å². The molecule has 0 atom stereocenters. The maximum absolute atomic E-state index is 11.8. The van der Waals surface area contributed by atoms with E-state index in [9.17, 15) is 14.4 Å². The molecule has 0 bridgehead atoms. The Bertz CT molecular complexity index is 363. The Morgan fingerprint density at radius 2 is 1.75 bits per heavy atom. The van der Waals surface area contributed by atoms with Gasteiger partial charge in [-0.3, -0.25) is 19.3 Å². The number of nitrogens with one attached hydrogen (secondary N) is 1. The van der Waals surface area contributed by atoms with Gasteiger partial charge in [-0.05, 0) is 32.9 Å². The number of rotatable bonds is 2. The van der Waals surface area contributed by atoms with Gasteiger partial charge in [0.2, 0.25) is 0 Å². The molecule has 86 valence electrons. The zero-order chi connectivity index (χ0) is 11.8. The summed E-state index contributed by atoms with van der Waals surface area (Å²) in [7, 11) is 0. The summed E-state index contributed by atoms with van der Waals surface area (Å²) in [6, 6.07) is 0. The zero-order valence-electron chi connectivity index (χ0n) is 9.16. The first-order valence-corrected chi connectivity index (χ1v) is 5.36. The number of nitrogens with zero attached hydrogens (tertiary/aromatic N) is 1. The Kier molecular flexibility index (Phi) is 2.63. The molecule has 16 heavy (non-hydrogen) atoms. The van der Waals surface area contributed by atoms with E-state index in [4.69, 9.17) is 0 Å². The summed E-state index contributed by atoms with van der Waals surface area (Å²) in [5.74, 6) is -0.858. The molecule has 0 aromatic carbocycles. The molecule has 0 unspecified atom stereocenters. The molecular weight excluding hydrogens is 208 g/mol. The van der Waals surface area contributed by atoms with E-state index in [1.807, 2.05) is 0 Å². The maximum Gasteiger partial charge on any atom is 0.254 e. The molecule has 0 aromatic rings. The van der Waals surface area contributed by atoms with Crippen molar-refractivity contribution in [2.24, 2.45) is 0 Å². The summed E-state index contributed by atoms with van der Waals surface area (Å²) in [4.78, 5) is 36.2. The second kappa shape index (κ2) is 3.83. The van der Waals surface area contributed by atoms with E-state index in [1.165, 1.54) is 19.1 Å². The van der Waals surface area contributed by atoms with Gasteiger partial charge in [0.25, 0.3) is 11.8 Å². The van der Waals surface area contributed by atoms with Gasteiger partial charge in [-0.1, -0.05) is 0 Å². The predicted octanol–water partition coefficient (Wildman–Crippen LogP) is -0.377. The number of imide groups is 1. The molecule has 5 nitrogen and oxygen atoms in total. The Morgan fingerprint density at radius 1 is 1.25 bits per heavy atom. The molecule has 2 heterocycles. The van der Waals surface area contributed by atoms with Crippen molar-refractivity contribution < 1.29 is 14.4 Å². The zero-order valence-corrected chi connectivity index (χ0v) is 9.16. The van der Waals surface area contributed by atoms with Gasteiger partial charge in [0, 0.05) is 12.2 Å². The predicted molar refractivity (Wildman–Crippen MR) is 56.5 cm³/mol. The first kappa shape index (κ1) is 11.0. The fraction of sp³-hybridized carbons (Fsp3) is 0.545. The van der Waals surface area contributed by atoms with E-state index >= 15 is 0 Å². The van der Waals surface area contributed by atoms with E-state index in [-0.39, 0.29) is 17.6 Å². The van der Waals surface area contributed by atoms with Crippen molar-refractivity contribution >= 4 is 17.6 Å². The molecule has 1 fully saturated rings. The number of carbonyl (C=O) groups is 3. The fourth-order valence-electron chi connectivity index (χ4n) is 2.40. The maximum atomic E-state index is 11.8. The molecule has 2 rings (SSSR count). The van der Waals surface area contributed by atoms with Crippen LogP contribution in [-0.2, 0) is 14.4 Å². The van der Waals surface area contributed by atoms with Crippen LogP contribution >= 0.6 is 0 Å². The Balaban J connectivity index is 2.36. The fourth-order valence-corrected chi connectivity index (χ4v) is 2.40. The molecule has 0 saturated carbocycles. The van der Waals surface area contributed by atoms with E-state index in [0.29, 0.717) is 25.9 Å². The molecule has 1 saturated heterocycles. The van der Waals surface area contributed by atoms with Crippen LogP contribution < -0.4 is 5.32 Å². The minimum absolute atomic E-state index is 0.112. The first-order valence-electron chi connectivity index (χ1n) is 5.36. The lowest BCUT2D eigenvalue weighted by molar-refractivity contribution is -0.152. The topological polar surface area (TPSA) is 66.5 Å². The van der Waals surface area contributed by atoms with Gasteiger partial charge in [-0.25, -0.2) is 0 Å². The molecule has 1 N–H and O–H groups in total. The quantitative estimate of drug-likeness (QED) is 0.647. The van der Waals surface area contributed by atoms with Crippen LogP contribution in [0.15, 0.2) is 12.2 Å². The van der Waals surface area contributed by atoms with Crippen molar-refractivity contribution in [2.45, 2.75) is 25.3 Å². The first-order chi connectivity index (χ1) is 7.58. The number of hydrogen-bond acceptors (Lipinski definition) is 4. The van der Waals surface area contributed by atoms with Crippen LogP contribution in [-0.4, -0.2) is 41.1 Å². The van der Waals surface area contributed by atoms with Crippen LogP contribution in [0.2, 0.25) is 0 Å². The number of Topliss-reactive ketones (excluding diaryl/α,β-unsaturated/α-hetero) is 1. The van der Waals surface area contributed by atoms with Gasteiger partial charge in [0.1, 0.15) is 5.54 Å². The summed E-state index contributed by atoms with van der Waals surface area (Å²) < 4.78 is 0. The molecule has 0 radical (unpaired) electrons. The molecule has 2 aliphatic rings. The lowest BCUT2D eigenvalue weighted by Crippen LogP contribution is -2.60. The van der Waals surface area contributed by atoms with Gasteiger partial charge < -0.3 is 5.32 Å². The lowest BCUT2D eigenvalue weighted by Gasteiger charge is -2.41. The molecule has 2 aliphatic heterocycles. The Labute approximate surface area is 93.5 Å². The summed E-state index contributed by atoms with van der Waals surface area (Å²) in [5, 5.41) is 3.13. The van der Waals surface area contributed by atoms with E-state index in [2.05, 4.69) is 5.32 Å². The number of amides is 2. The van der Waals surface area contributed by atoms with Gasteiger partial charge in [0.05, 0.1) is 0 Å². The molecular formula is C11H14N2O3. The van der Waals surface area contributed by atoms with Gasteiger partial charge in [-0.2, -0.15) is 0 Å². The average Bonchev–Trinajstić information content (AvgIpc) is 2.60. The number of ketones is 1. The van der Waals surface area contributed by atoms with Crippen LogP contribution in [0, 0.1) is 0 Å². The Morgan fingerprint density at radius 3 is 2.19 bits per heavy atom. The summed E-state index contributed by atoms with van der Waals surface area (Å²) in [6.07, 6.45) is 3.47. The summed E-state index contributed by atoms with van der Waals surface area (Å²) >= 11 is 0. The SMILES string of the molecule is CC(=O)C1(N2C(=O)C=CC2=O)CCNCC1. The molecule has 0 spiro atoms. The van der Waals surface area contributed by atoms with Crippen LogP contribution in [0.4, 0.5) is 0 Å². The third kappa shape index (κ3) is 1.48. The van der Waals surface area contributed by atoms with Crippen LogP contribution in [0.5, 0.6) is 0 Å². The largest absolute Gasteiger partial charge is 0.317 e. The van der Waals surface area contributed by atoms with Crippen molar-refractivity contribution in [1.82, 2.24) is 10.2 Å². The third-order valence-electron chi connectivity index (χ3n) is 3.32. The van der Waals surface area contributed by atoms with Crippen LogP contribution in [0.3, 0.4) is 0 Å². The standard InChI is InChI=1S/C11H14N2O3/c1-8(14)11(4-6-12-7-5-11)13-9(15)2-3-10(13)16/h2-3,12H,4-7H2,1H3. The van der Waals surface area contributed by atoms with E-state index in [0.717, 1.165) is 4.90 Å². The highest BCUT2D eigenvalue weighted by Crippen LogP contribution is 2.30. The van der Waals surface area contributed by atoms with E-state index < -0.39 is 5.54 Å². The minimum atomic E-state index is -0.928. The smallest absolute Gasteiger partial charge is 0.254 e. The highest BCUT2D eigenvalue weighted by molar-refractivity contribution is 6.16. The van der Waals surface area contributed by atoms with Gasteiger partial charge in [-0.15, -0.1) is 0 Å². The third-order valence-corrected chi connectivity index (χ3v) is 3.32. The molecule has 0 aromatic heterocycles. The van der Waals surface area contributed by atoms with E-state index in [1.54, 1.807) is 0 Å². The van der Waals surface area contributed by atoms with Gasteiger partial charge in [0.15, 0.2) is 5.78 Å². The minimum Gasteiger partial charge on any atom is -0.317 e. The molecule has 2 amide bonds. The number of hydrogen-bond donors (Lipinski definition) is 1. The Hall–Kier alpha value is -1.49.